The molecule has 1 aliphatic rings. The Bertz CT molecular complexity index is 210. The van der Waals surface area contributed by atoms with E-state index in [0.29, 0.717) is 0 Å². The molecule has 1 heterocycles. The van der Waals surface area contributed by atoms with Crippen molar-refractivity contribution in [3.63, 3.8) is 0 Å². The van der Waals surface area contributed by atoms with Crippen molar-refractivity contribution < 1.29 is 4.79 Å². The van der Waals surface area contributed by atoms with Crippen molar-refractivity contribution in [2.45, 2.75) is 26.8 Å². The normalized spacial score (nSPS) is 32.2. The minimum atomic E-state index is 0.00750. The lowest BCUT2D eigenvalue weighted by Crippen LogP contribution is -2.44. The van der Waals surface area contributed by atoms with Gasteiger partial charge in [0.2, 0.25) is 0 Å². The van der Waals surface area contributed by atoms with Crippen molar-refractivity contribution in [2.24, 2.45) is 10.9 Å². The van der Waals surface area contributed by atoms with Crippen molar-refractivity contribution >= 4 is 11.7 Å². The molecule has 0 aliphatic carbocycles. The summed E-state index contributed by atoms with van der Waals surface area (Å²) in [5.41, 5.74) is 0. The predicted octanol–water partition coefficient (Wildman–Crippen LogP) is 0.901. The van der Waals surface area contributed by atoms with Crippen LogP contribution in [0, 0.1) is 5.92 Å². The molecule has 0 fully saturated rings. The molecule has 0 N–H and O–H groups in total. The van der Waals surface area contributed by atoms with Crippen LogP contribution in [0.4, 0.5) is 0 Å². The Morgan fingerprint density at radius 1 is 1.45 bits per heavy atom. The lowest BCUT2D eigenvalue weighted by Gasteiger charge is -2.33. The van der Waals surface area contributed by atoms with Crippen LogP contribution in [0.25, 0.3) is 0 Å². The Balaban J connectivity index is 2.92. The standard InChI is InChI=1S/C8H14N2O/c1-5-6(2)10(4)7(3)9-8(5)11/h5-6H,1-4H3. The Labute approximate surface area is 67.1 Å². The molecule has 3 heteroatoms. The fraction of sp³-hybridized carbons (Fsp3) is 0.750. The van der Waals surface area contributed by atoms with Crippen LogP contribution in [0.15, 0.2) is 4.99 Å². The van der Waals surface area contributed by atoms with Gasteiger partial charge in [-0.05, 0) is 13.8 Å². The maximum atomic E-state index is 11.1. The van der Waals surface area contributed by atoms with Gasteiger partial charge in [-0.25, -0.2) is 4.99 Å². The number of rotatable bonds is 0. The summed E-state index contributed by atoms with van der Waals surface area (Å²) in [6.45, 7) is 5.82. The summed E-state index contributed by atoms with van der Waals surface area (Å²) in [5, 5.41) is 0. The van der Waals surface area contributed by atoms with E-state index >= 15 is 0 Å². The Hall–Kier alpha value is -0.860. The molecule has 2 atom stereocenters. The Morgan fingerprint density at radius 2 is 2.00 bits per heavy atom. The summed E-state index contributed by atoms with van der Waals surface area (Å²) in [5.74, 6) is 0.859. The van der Waals surface area contributed by atoms with Gasteiger partial charge >= 0.3 is 0 Å². The van der Waals surface area contributed by atoms with E-state index in [2.05, 4.69) is 4.99 Å². The van der Waals surface area contributed by atoms with Crippen LogP contribution in [0.5, 0.6) is 0 Å². The largest absolute Gasteiger partial charge is 0.360 e. The number of aliphatic imine (C=N–C) groups is 1. The topological polar surface area (TPSA) is 32.7 Å². The highest BCUT2D eigenvalue weighted by molar-refractivity contribution is 5.96. The monoisotopic (exact) mass is 154 g/mol. The maximum Gasteiger partial charge on any atom is 0.252 e. The lowest BCUT2D eigenvalue weighted by molar-refractivity contribution is -0.123. The first-order valence-electron chi connectivity index (χ1n) is 3.86. The quantitative estimate of drug-likeness (QED) is 0.519. The third-order valence-electron chi connectivity index (χ3n) is 2.51. The van der Waals surface area contributed by atoms with Crippen LogP contribution in [0.2, 0.25) is 0 Å². The number of amidine groups is 1. The van der Waals surface area contributed by atoms with Gasteiger partial charge in [0.15, 0.2) is 0 Å². The highest BCUT2D eigenvalue weighted by Crippen LogP contribution is 2.16. The number of carbonyl (C=O) groups excluding carboxylic acids is 1. The average molecular weight is 154 g/mol. The number of hydrogen-bond acceptors (Lipinski definition) is 2. The van der Waals surface area contributed by atoms with Gasteiger partial charge in [-0.1, -0.05) is 6.92 Å². The summed E-state index contributed by atoms with van der Waals surface area (Å²) in [6, 6.07) is 0.278. The summed E-state index contributed by atoms with van der Waals surface area (Å²) in [7, 11) is 1.96. The molecule has 1 rings (SSSR count). The second kappa shape index (κ2) is 2.64. The van der Waals surface area contributed by atoms with Gasteiger partial charge in [0.25, 0.3) is 5.91 Å². The smallest absolute Gasteiger partial charge is 0.252 e. The number of nitrogens with zero attached hydrogens (tertiary/aromatic N) is 2. The Kier molecular flexibility index (Phi) is 1.98. The molecule has 11 heavy (non-hydrogen) atoms. The van der Waals surface area contributed by atoms with Crippen molar-refractivity contribution in [3.8, 4) is 0 Å². The second-order valence-corrected chi connectivity index (χ2v) is 3.14. The zero-order valence-corrected chi connectivity index (χ0v) is 7.46. The molecule has 0 saturated heterocycles. The van der Waals surface area contributed by atoms with Crippen LogP contribution in [0.1, 0.15) is 20.8 Å². The third kappa shape index (κ3) is 1.27. The van der Waals surface area contributed by atoms with Crippen molar-refractivity contribution in [2.75, 3.05) is 7.05 Å². The van der Waals surface area contributed by atoms with Crippen molar-refractivity contribution in [1.29, 1.82) is 0 Å². The molecule has 0 aromatic rings. The van der Waals surface area contributed by atoms with Gasteiger partial charge in [-0.2, -0.15) is 0 Å². The van der Waals surface area contributed by atoms with E-state index in [4.69, 9.17) is 0 Å². The summed E-state index contributed by atoms with van der Waals surface area (Å²) >= 11 is 0. The molecule has 0 aromatic heterocycles. The zero-order valence-electron chi connectivity index (χ0n) is 7.46. The van der Waals surface area contributed by atoms with E-state index in [1.165, 1.54) is 0 Å². The molecular weight excluding hydrogens is 140 g/mol. The molecule has 62 valence electrons. The van der Waals surface area contributed by atoms with E-state index < -0.39 is 0 Å². The van der Waals surface area contributed by atoms with Gasteiger partial charge in [-0.3, -0.25) is 4.79 Å². The first-order chi connectivity index (χ1) is 5.04. The zero-order chi connectivity index (χ0) is 8.59. The van der Waals surface area contributed by atoms with E-state index in [9.17, 15) is 4.79 Å². The van der Waals surface area contributed by atoms with Gasteiger partial charge in [0.05, 0.1) is 5.92 Å². The van der Waals surface area contributed by atoms with E-state index in [-0.39, 0.29) is 17.9 Å². The average Bonchev–Trinajstić information content (AvgIpc) is 1.97. The van der Waals surface area contributed by atoms with E-state index in [1.807, 2.05) is 32.7 Å². The van der Waals surface area contributed by atoms with Crippen molar-refractivity contribution in [1.82, 2.24) is 4.90 Å². The first-order valence-corrected chi connectivity index (χ1v) is 3.86. The molecular formula is C8H14N2O. The molecule has 1 amide bonds. The SMILES string of the molecule is CC1=NC(=O)C(C)C(C)N1C. The minimum absolute atomic E-state index is 0.00750. The molecule has 1 aliphatic heterocycles. The number of carbonyl (C=O) groups is 1. The fourth-order valence-corrected chi connectivity index (χ4v) is 1.18. The highest BCUT2D eigenvalue weighted by Gasteiger charge is 2.28. The molecule has 0 aromatic carbocycles. The number of amides is 1. The summed E-state index contributed by atoms with van der Waals surface area (Å²) < 4.78 is 0. The van der Waals surface area contributed by atoms with Crippen LogP contribution in [-0.4, -0.2) is 29.7 Å². The van der Waals surface area contributed by atoms with Crippen LogP contribution in [-0.2, 0) is 4.79 Å². The summed E-state index contributed by atoms with van der Waals surface area (Å²) in [4.78, 5) is 17.1. The van der Waals surface area contributed by atoms with Crippen LogP contribution < -0.4 is 0 Å². The van der Waals surface area contributed by atoms with Gasteiger partial charge in [0, 0.05) is 13.1 Å². The summed E-state index contributed by atoms with van der Waals surface area (Å²) in [6.07, 6.45) is 0. The van der Waals surface area contributed by atoms with Crippen molar-refractivity contribution in [3.05, 3.63) is 0 Å². The second-order valence-electron chi connectivity index (χ2n) is 3.14. The lowest BCUT2D eigenvalue weighted by atomic mass is 10.00. The van der Waals surface area contributed by atoms with Gasteiger partial charge < -0.3 is 4.90 Å². The van der Waals surface area contributed by atoms with Crippen LogP contribution >= 0.6 is 0 Å². The van der Waals surface area contributed by atoms with Crippen LogP contribution in [0.3, 0.4) is 0 Å². The number of hydrogen-bond donors (Lipinski definition) is 0. The fourth-order valence-electron chi connectivity index (χ4n) is 1.18. The molecule has 0 saturated carbocycles. The highest BCUT2D eigenvalue weighted by atomic mass is 16.1. The van der Waals surface area contributed by atoms with E-state index in [1.54, 1.807) is 0 Å². The molecule has 0 radical (unpaired) electrons. The molecule has 2 unspecified atom stereocenters. The molecule has 0 spiro atoms. The van der Waals surface area contributed by atoms with Gasteiger partial charge in [0.1, 0.15) is 5.84 Å². The third-order valence-corrected chi connectivity index (χ3v) is 2.51. The maximum absolute atomic E-state index is 11.1. The Morgan fingerprint density at radius 3 is 2.55 bits per heavy atom. The molecule has 0 bridgehead atoms. The minimum Gasteiger partial charge on any atom is -0.360 e. The first kappa shape index (κ1) is 8.24. The van der Waals surface area contributed by atoms with Gasteiger partial charge in [-0.15, -0.1) is 0 Å². The van der Waals surface area contributed by atoms with E-state index in [0.717, 1.165) is 5.84 Å². The molecule has 3 nitrogen and oxygen atoms in total. The predicted molar refractivity (Wildman–Crippen MR) is 44.5 cm³/mol.